The average molecular weight is 817 g/mol. The number of nitrogens with zero attached hydrogens (tertiary/aromatic N) is 1. The summed E-state index contributed by atoms with van der Waals surface area (Å²) in [5.41, 5.74) is -19.9. The largest absolute Gasteiger partial charge is 0.455 e. The standard InChI is InChI=1S/C59H39NO/c1-5-17-40(18-6-1)41-29-31-45(32-30-41)60(47-34-36-51-54-39-53(42-19-7-2-8-20-42)48-25-13-14-27-52(48)58(54)61-57(51)38-47)46-33-35-50-49-26-15-16-28-55(49)59(56(50)37-46,43-21-9-3-10-22-43)44-23-11-4-12-24-44/h1-39H/i1D,2D,3D,4D,5D,6D,7D,8D,9D,10D,11D,12D,13D,14D,15D,16D,17D,18D,19D,20D,21D,22D,23D,24D,25D,26D,27D,28D,29D,30D,31D,32D,33D,34D,35D,36D,37D,38D,39D. The van der Waals surface area contributed by atoms with Crippen LogP contribution in [0.2, 0.25) is 0 Å². The van der Waals surface area contributed by atoms with Crippen LogP contribution < -0.4 is 4.90 Å². The number of hydrogen-bond donors (Lipinski definition) is 0. The molecule has 1 aromatic heterocycles. The molecule has 2 nitrogen and oxygen atoms in total. The predicted molar refractivity (Wildman–Crippen MR) is 254 cm³/mol. The second kappa shape index (κ2) is 14.1. The number of furan rings is 1. The molecule has 0 bridgehead atoms. The van der Waals surface area contributed by atoms with Gasteiger partial charge in [0.1, 0.15) is 11.2 Å². The van der Waals surface area contributed by atoms with Crippen LogP contribution in [0.4, 0.5) is 17.1 Å². The van der Waals surface area contributed by atoms with Crippen LogP contribution in [0.3, 0.4) is 0 Å². The summed E-state index contributed by atoms with van der Waals surface area (Å²) in [6.45, 7) is 0. The predicted octanol–water partition coefficient (Wildman–Crippen LogP) is 15.9. The van der Waals surface area contributed by atoms with Crippen molar-refractivity contribution in [1.29, 1.82) is 0 Å². The van der Waals surface area contributed by atoms with Gasteiger partial charge in [0.05, 0.1) is 58.9 Å². The third-order valence-corrected chi connectivity index (χ3v) is 9.88. The second-order valence-electron chi connectivity index (χ2n) is 13.0. The van der Waals surface area contributed by atoms with Crippen LogP contribution in [-0.2, 0) is 5.41 Å². The highest BCUT2D eigenvalue weighted by Gasteiger charge is 2.46. The molecule has 10 aromatic carbocycles. The quantitative estimate of drug-likeness (QED) is 0.159. The SMILES string of the molecule is [2H]c1c([2H])c([2H])c(-c2c([2H])c([2H])c(N(c3c([2H])c([2H])c4c(c3[2H])C(c3c([2H])c([2H])c([2H])c([2H])c3[2H])(c3c([2H])c([2H])c([2H])c([2H])c3[2H])c3c([2H])c([2H])c([2H])c([2H])c3-4)c3c([2H])c([2H])c4c(oc5c6c([2H])c([2H])c([2H])c([2H])c6c(-c6c([2H])c([2H])c([2H])c([2H])c6[2H])c([2H])c54)c3[2H])c([2H])c2[2H])c([2H])c1[2H]. The zero-order valence-electron chi connectivity index (χ0n) is 69.4. The summed E-state index contributed by atoms with van der Waals surface area (Å²) >= 11 is 0. The van der Waals surface area contributed by atoms with Crippen LogP contribution in [0.1, 0.15) is 75.7 Å². The van der Waals surface area contributed by atoms with E-state index < -0.39 is 346 Å². The Morgan fingerprint density at radius 1 is 0.344 bits per heavy atom. The van der Waals surface area contributed by atoms with E-state index in [4.69, 9.17) is 31.8 Å². The van der Waals surface area contributed by atoms with Crippen LogP contribution >= 0.6 is 0 Å². The Labute approximate surface area is 410 Å². The van der Waals surface area contributed by atoms with Gasteiger partial charge in [-0.25, -0.2) is 0 Å². The highest BCUT2D eigenvalue weighted by Crippen LogP contribution is 2.57. The Bertz CT molecular complexity index is 5520. The number of hydrogen-bond acceptors (Lipinski definition) is 2. The molecule has 0 spiro atoms. The van der Waals surface area contributed by atoms with E-state index in [0.29, 0.717) is 0 Å². The van der Waals surface area contributed by atoms with Gasteiger partial charge in [-0.3, -0.25) is 0 Å². The Kier molecular flexibility index (Phi) is 3.13. The van der Waals surface area contributed by atoms with Crippen LogP contribution in [-0.4, -0.2) is 0 Å². The average Bonchev–Trinajstić information content (AvgIpc) is 1.47. The van der Waals surface area contributed by atoms with Crippen LogP contribution in [0.15, 0.2) is 240 Å². The molecule has 1 aliphatic carbocycles. The summed E-state index contributed by atoms with van der Waals surface area (Å²) in [4.78, 5) is 0.196. The number of anilines is 3. The van der Waals surface area contributed by atoms with Gasteiger partial charge in [-0.05, 0) is 103 Å². The molecule has 2 heteroatoms. The number of fused-ring (bicyclic) bond motifs is 8. The topological polar surface area (TPSA) is 16.4 Å². The minimum Gasteiger partial charge on any atom is -0.455 e. The Morgan fingerprint density at radius 2 is 0.869 bits per heavy atom. The lowest BCUT2D eigenvalue weighted by atomic mass is 9.67. The maximum Gasteiger partial charge on any atom is 0.143 e. The lowest BCUT2D eigenvalue weighted by Crippen LogP contribution is -2.28. The smallest absolute Gasteiger partial charge is 0.143 e. The van der Waals surface area contributed by atoms with E-state index in [-0.39, 0.29) is 4.90 Å². The molecule has 11 aromatic rings. The van der Waals surface area contributed by atoms with Gasteiger partial charge in [-0.2, -0.15) is 0 Å². The van der Waals surface area contributed by atoms with Crippen molar-refractivity contribution in [2.75, 3.05) is 4.90 Å². The lowest BCUT2D eigenvalue weighted by Gasteiger charge is -2.35. The van der Waals surface area contributed by atoms with Gasteiger partial charge in [0.15, 0.2) is 0 Å². The van der Waals surface area contributed by atoms with E-state index in [2.05, 4.69) is 0 Å². The van der Waals surface area contributed by atoms with Gasteiger partial charge in [-0.1, -0.05) is 187 Å². The zero-order chi connectivity index (χ0) is 74.3. The third-order valence-electron chi connectivity index (χ3n) is 9.88. The molecule has 0 amide bonds. The summed E-state index contributed by atoms with van der Waals surface area (Å²) in [5, 5.41) is -3.03. The monoisotopic (exact) mass is 817 g/mol. The van der Waals surface area contributed by atoms with Crippen molar-refractivity contribution in [3.63, 3.8) is 0 Å². The highest BCUT2D eigenvalue weighted by molar-refractivity contribution is 6.19. The molecule has 12 rings (SSSR count). The summed E-state index contributed by atoms with van der Waals surface area (Å²) in [6, 6.07) is -46.6. The summed E-state index contributed by atoms with van der Waals surface area (Å²) in [5.74, 6) is 0. The normalized spacial score (nSPS) is 21.7. The zero-order valence-corrected chi connectivity index (χ0v) is 30.4. The first-order valence-corrected chi connectivity index (χ1v) is 17.8. The third kappa shape index (κ3) is 5.50. The van der Waals surface area contributed by atoms with E-state index in [1.807, 2.05) is 0 Å². The van der Waals surface area contributed by atoms with Crippen LogP contribution in [0, 0.1) is 0 Å². The molecule has 61 heavy (non-hydrogen) atoms. The fourth-order valence-electron chi connectivity index (χ4n) is 7.36. The first-order chi connectivity index (χ1) is 46.5. The Balaban J connectivity index is 1.37. The van der Waals surface area contributed by atoms with E-state index >= 15 is 0 Å². The Hall–Kier alpha value is -7.94. The first kappa shape index (κ1) is 13.5. The minimum atomic E-state index is -3.57. The summed E-state index contributed by atoms with van der Waals surface area (Å²) in [7, 11) is 0. The second-order valence-corrected chi connectivity index (χ2v) is 13.0. The molecule has 1 heterocycles. The van der Waals surface area contributed by atoms with Crippen molar-refractivity contribution in [2.24, 2.45) is 0 Å². The van der Waals surface area contributed by atoms with Gasteiger partial charge in [0.25, 0.3) is 0 Å². The molecule has 0 unspecified atom stereocenters. The van der Waals surface area contributed by atoms with E-state index in [1.165, 1.54) is 0 Å². The van der Waals surface area contributed by atoms with Crippen LogP contribution in [0.25, 0.3) is 66.1 Å². The van der Waals surface area contributed by atoms with Crippen molar-refractivity contribution >= 4 is 49.8 Å². The van der Waals surface area contributed by atoms with E-state index in [1.54, 1.807) is 0 Å². The van der Waals surface area contributed by atoms with Crippen molar-refractivity contribution < 1.29 is 57.9 Å². The van der Waals surface area contributed by atoms with Crippen molar-refractivity contribution in [1.82, 2.24) is 0 Å². The van der Waals surface area contributed by atoms with Gasteiger partial charge in [0, 0.05) is 39.3 Å². The van der Waals surface area contributed by atoms with E-state index in [9.17, 15) is 26.0 Å². The fourth-order valence-corrected chi connectivity index (χ4v) is 7.36. The molecule has 286 valence electrons. The molecule has 0 saturated heterocycles. The Morgan fingerprint density at radius 3 is 1.57 bits per heavy atom. The molecule has 0 aliphatic heterocycles. The van der Waals surface area contributed by atoms with Crippen molar-refractivity contribution in [3.8, 4) is 33.4 Å². The summed E-state index contributed by atoms with van der Waals surface area (Å²) < 4.78 is 368. The fraction of sp³-hybridized carbons (Fsp3) is 0.0169. The van der Waals surface area contributed by atoms with Gasteiger partial charge >= 0.3 is 0 Å². The molecule has 0 fully saturated rings. The molecule has 1 aliphatic rings. The molecule has 0 saturated carbocycles. The van der Waals surface area contributed by atoms with E-state index in [0.717, 1.165) is 0 Å². The van der Waals surface area contributed by atoms with Gasteiger partial charge in [-0.15, -0.1) is 0 Å². The number of rotatable bonds is 7. The molecule has 0 N–H and O–H groups in total. The van der Waals surface area contributed by atoms with Gasteiger partial charge in [0.2, 0.25) is 0 Å². The maximum absolute atomic E-state index is 10.8. The van der Waals surface area contributed by atoms with Crippen molar-refractivity contribution in [3.05, 3.63) is 258 Å². The molecule has 0 radical (unpaired) electrons. The molecule has 0 atom stereocenters. The molecular weight excluding hydrogens is 739 g/mol. The maximum atomic E-state index is 10.8. The summed E-state index contributed by atoms with van der Waals surface area (Å²) in [6.07, 6.45) is 0. The highest BCUT2D eigenvalue weighted by atomic mass is 16.3. The minimum absolute atomic E-state index is 0.196. The van der Waals surface area contributed by atoms with Crippen molar-refractivity contribution in [2.45, 2.75) is 5.41 Å². The number of benzene rings is 10. The molecular formula is C59H39NO. The lowest BCUT2D eigenvalue weighted by molar-refractivity contribution is 0.673. The van der Waals surface area contributed by atoms with Crippen LogP contribution in [0.5, 0.6) is 0 Å². The first-order valence-electron chi connectivity index (χ1n) is 37.3. The van der Waals surface area contributed by atoms with Gasteiger partial charge < -0.3 is 9.32 Å².